The Bertz CT molecular complexity index is 437. The number of hydrogen-bond acceptors (Lipinski definition) is 2. The summed E-state index contributed by atoms with van der Waals surface area (Å²) in [5.41, 5.74) is 2.09. The summed E-state index contributed by atoms with van der Waals surface area (Å²) in [5.74, 6) is -0.197. The van der Waals surface area contributed by atoms with Crippen LogP contribution in [0.3, 0.4) is 0 Å². The molecule has 3 nitrogen and oxygen atoms in total. The van der Waals surface area contributed by atoms with Crippen molar-refractivity contribution in [2.24, 2.45) is 0 Å². The molecule has 2 N–H and O–H groups in total. The van der Waals surface area contributed by atoms with Gasteiger partial charge in [-0.25, -0.2) is 9.37 Å². The van der Waals surface area contributed by atoms with Gasteiger partial charge in [-0.15, -0.1) is 0 Å². The highest BCUT2D eigenvalue weighted by Gasteiger charge is 2.03. The van der Waals surface area contributed by atoms with Crippen LogP contribution in [-0.2, 0) is 6.54 Å². The molecule has 2 rings (SSSR count). The standard InChI is InChI=1S/C11H12FN3/c1-8-3-2-4-10(11(8)12)14-6-9-5-13-7-15-9/h2-5,7,14H,6H2,1H3,(H,13,15). The maximum Gasteiger partial charge on any atom is 0.149 e. The number of halogens is 1. The molecule has 0 aliphatic carbocycles. The van der Waals surface area contributed by atoms with E-state index in [0.717, 1.165) is 5.69 Å². The zero-order valence-corrected chi connectivity index (χ0v) is 8.42. The van der Waals surface area contributed by atoms with Crippen LogP contribution in [0.2, 0.25) is 0 Å². The number of aryl methyl sites for hydroxylation is 1. The van der Waals surface area contributed by atoms with Crippen LogP contribution >= 0.6 is 0 Å². The summed E-state index contributed by atoms with van der Waals surface area (Å²) in [6.07, 6.45) is 3.31. The van der Waals surface area contributed by atoms with E-state index in [1.54, 1.807) is 31.6 Å². The van der Waals surface area contributed by atoms with Crippen LogP contribution in [0.15, 0.2) is 30.7 Å². The van der Waals surface area contributed by atoms with Gasteiger partial charge in [0.25, 0.3) is 0 Å². The van der Waals surface area contributed by atoms with E-state index in [-0.39, 0.29) is 5.82 Å². The molecule has 0 aliphatic rings. The van der Waals surface area contributed by atoms with Crippen molar-refractivity contribution < 1.29 is 4.39 Å². The van der Waals surface area contributed by atoms with Crippen LogP contribution < -0.4 is 5.32 Å². The van der Waals surface area contributed by atoms with E-state index in [1.165, 1.54) is 0 Å². The first-order valence-electron chi connectivity index (χ1n) is 4.73. The molecule has 4 heteroatoms. The van der Waals surface area contributed by atoms with Gasteiger partial charge in [0.05, 0.1) is 24.3 Å². The second-order valence-corrected chi connectivity index (χ2v) is 3.37. The van der Waals surface area contributed by atoms with Crippen LogP contribution in [-0.4, -0.2) is 9.97 Å². The number of nitrogens with zero attached hydrogens (tertiary/aromatic N) is 1. The van der Waals surface area contributed by atoms with Gasteiger partial charge in [-0.3, -0.25) is 0 Å². The highest BCUT2D eigenvalue weighted by molar-refractivity contribution is 5.47. The Morgan fingerprint density at radius 1 is 1.47 bits per heavy atom. The van der Waals surface area contributed by atoms with E-state index in [0.29, 0.717) is 17.8 Å². The Morgan fingerprint density at radius 2 is 2.33 bits per heavy atom. The quantitative estimate of drug-likeness (QED) is 0.808. The number of aromatic amines is 1. The van der Waals surface area contributed by atoms with Crippen molar-refractivity contribution in [2.45, 2.75) is 13.5 Å². The first-order valence-corrected chi connectivity index (χ1v) is 4.73. The van der Waals surface area contributed by atoms with Crippen LogP contribution in [0.5, 0.6) is 0 Å². The molecule has 2 aromatic rings. The molecule has 15 heavy (non-hydrogen) atoms. The molecule has 0 amide bonds. The van der Waals surface area contributed by atoms with E-state index in [2.05, 4.69) is 15.3 Å². The largest absolute Gasteiger partial charge is 0.377 e. The first kappa shape index (κ1) is 9.71. The smallest absolute Gasteiger partial charge is 0.149 e. The predicted octanol–water partition coefficient (Wildman–Crippen LogP) is 2.47. The fourth-order valence-electron chi connectivity index (χ4n) is 1.36. The minimum absolute atomic E-state index is 0.197. The summed E-state index contributed by atoms with van der Waals surface area (Å²) in [4.78, 5) is 6.83. The number of imidazole rings is 1. The summed E-state index contributed by atoms with van der Waals surface area (Å²) in [7, 11) is 0. The highest BCUT2D eigenvalue weighted by atomic mass is 19.1. The summed E-state index contributed by atoms with van der Waals surface area (Å²) < 4.78 is 13.5. The average Bonchev–Trinajstić information content (AvgIpc) is 2.73. The molecule has 1 aromatic heterocycles. The van der Waals surface area contributed by atoms with Gasteiger partial charge in [0, 0.05) is 6.20 Å². The zero-order chi connectivity index (χ0) is 10.7. The van der Waals surface area contributed by atoms with Crippen molar-refractivity contribution in [2.75, 3.05) is 5.32 Å². The fourth-order valence-corrected chi connectivity index (χ4v) is 1.36. The lowest BCUT2D eigenvalue weighted by atomic mass is 10.2. The molecule has 0 fully saturated rings. The molecule has 1 heterocycles. The van der Waals surface area contributed by atoms with Gasteiger partial charge in [-0.2, -0.15) is 0 Å². The Hall–Kier alpha value is -1.84. The minimum atomic E-state index is -0.197. The highest BCUT2D eigenvalue weighted by Crippen LogP contribution is 2.17. The predicted molar refractivity (Wildman–Crippen MR) is 57.1 cm³/mol. The maximum atomic E-state index is 13.5. The van der Waals surface area contributed by atoms with Gasteiger partial charge in [0.15, 0.2) is 0 Å². The van der Waals surface area contributed by atoms with Crippen LogP contribution in [0, 0.1) is 12.7 Å². The average molecular weight is 205 g/mol. The second-order valence-electron chi connectivity index (χ2n) is 3.37. The van der Waals surface area contributed by atoms with Gasteiger partial charge in [0.1, 0.15) is 5.82 Å². The Balaban J connectivity index is 2.08. The topological polar surface area (TPSA) is 40.7 Å². The molecule has 78 valence electrons. The fraction of sp³-hybridized carbons (Fsp3) is 0.182. The number of aromatic nitrogens is 2. The molecule has 0 unspecified atom stereocenters. The molecule has 0 spiro atoms. The molecule has 0 bridgehead atoms. The number of hydrogen-bond donors (Lipinski definition) is 2. The molecule has 0 saturated heterocycles. The van der Waals surface area contributed by atoms with Crippen LogP contribution in [0.4, 0.5) is 10.1 Å². The molecule has 0 atom stereocenters. The normalized spacial score (nSPS) is 10.3. The number of rotatable bonds is 3. The summed E-state index contributed by atoms with van der Waals surface area (Å²) >= 11 is 0. The number of H-pyrrole nitrogens is 1. The number of nitrogens with one attached hydrogen (secondary N) is 2. The van der Waals surface area contributed by atoms with Crippen molar-refractivity contribution in [3.63, 3.8) is 0 Å². The van der Waals surface area contributed by atoms with Gasteiger partial charge < -0.3 is 10.3 Å². The lowest BCUT2D eigenvalue weighted by Gasteiger charge is -2.07. The Kier molecular flexibility index (Phi) is 2.67. The molecule has 0 saturated carbocycles. The third-order valence-electron chi connectivity index (χ3n) is 2.22. The van der Waals surface area contributed by atoms with E-state index in [9.17, 15) is 4.39 Å². The summed E-state index contributed by atoms with van der Waals surface area (Å²) in [6.45, 7) is 2.29. The Labute approximate surface area is 87.4 Å². The van der Waals surface area contributed by atoms with Crippen molar-refractivity contribution in [1.29, 1.82) is 0 Å². The van der Waals surface area contributed by atoms with Crippen molar-refractivity contribution >= 4 is 5.69 Å². The third-order valence-corrected chi connectivity index (χ3v) is 2.22. The molecule has 0 radical (unpaired) electrons. The van der Waals surface area contributed by atoms with Crippen molar-refractivity contribution in [3.8, 4) is 0 Å². The SMILES string of the molecule is Cc1cccc(NCc2cnc[nH]2)c1F. The second kappa shape index (κ2) is 4.13. The van der Waals surface area contributed by atoms with Crippen molar-refractivity contribution in [1.82, 2.24) is 9.97 Å². The lowest BCUT2D eigenvalue weighted by Crippen LogP contribution is -2.02. The summed E-state index contributed by atoms with van der Waals surface area (Å²) in [5, 5.41) is 3.01. The maximum absolute atomic E-state index is 13.5. The van der Waals surface area contributed by atoms with Crippen molar-refractivity contribution in [3.05, 3.63) is 47.8 Å². The van der Waals surface area contributed by atoms with Gasteiger partial charge >= 0.3 is 0 Å². The number of benzene rings is 1. The summed E-state index contributed by atoms with van der Waals surface area (Å²) in [6, 6.07) is 5.29. The van der Waals surface area contributed by atoms with Gasteiger partial charge in [-0.05, 0) is 18.6 Å². The molecular weight excluding hydrogens is 193 g/mol. The van der Waals surface area contributed by atoms with E-state index >= 15 is 0 Å². The van der Waals surface area contributed by atoms with Gasteiger partial charge in [-0.1, -0.05) is 12.1 Å². The monoisotopic (exact) mass is 205 g/mol. The number of anilines is 1. The van der Waals surface area contributed by atoms with Gasteiger partial charge in [0.2, 0.25) is 0 Å². The van der Waals surface area contributed by atoms with E-state index < -0.39 is 0 Å². The third kappa shape index (κ3) is 2.15. The zero-order valence-electron chi connectivity index (χ0n) is 8.42. The van der Waals surface area contributed by atoms with E-state index in [4.69, 9.17) is 0 Å². The first-order chi connectivity index (χ1) is 7.27. The molecule has 1 aromatic carbocycles. The van der Waals surface area contributed by atoms with Crippen LogP contribution in [0.1, 0.15) is 11.3 Å². The minimum Gasteiger partial charge on any atom is -0.377 e. The van der Waals surface area contributed by atoms with E-state index in [1.807, 2.05) is 6.07 Å². The lowest BCUT2D eigenvalue weighted by molar-refractivity contribution is 0.621. The van der Waals surface area contributed by atoms with Crippen LogP contribution in [0.25, 0.3) is 0 Å². The Morgan fingerprint density at radius 3 is 3.07 bits per heavy atom. The molecule has 0 aliphatic heterocycles. The molecular formula is C11H12FN3.